The van der Waals surface area contributed by atoms with Gasteiger partial charge in [0.2, 0.25) is 0 Å². The third-order valence-electron chi connectivity index (χ3n) is 6.73. The molecule has 2 unspecified atom stereocenters. The van der Waals surface area contributed by atoms with Gasteiger partial charge in [0.1, 0.15) is 0 Å². The molecule has 1 aliphatic heterocycles. The zero-order valence-electron chi connectivity index (χ0n) is 20.1. The molecule has 0 amide bonds. The summed E-state index contributed by atoms with van der Waals surface area (Å²) in [6.45, 7) is 2.21. The van der Waals surface area contributed by atoms with Gasteiger partial charge in [0, 0.05) is 0 Å². The van der Waals surface area contributed by atoms with E-state index in [1.54, 1.807) is 21.3 Å². The van der Waals surface area contributed by atoms with E-state index < -0.39 is 0 Å². The number of aryl methyl sites for hydroxylation is 1. The Morgan fingerprint density at radius 2 is 1.58 bits per heavy atom. The van der Waals surface area contributed by atoms with Gasteiger partial charge in [-0.25, -0.2) is 0 Å². The molecule has 1 saturated heterocycles. The Balaban J connectivity index is 1.89. The molecule has 3 aromatic carbocycles. The van der Waals surface area contributed by atoms with Crippen molar-refractivity contribution in [3.8, 4) is 17.2 Å². The van der Waals surface area contributed by atoms with Crippen molar-refractivity contribution in [3.63, 3.8) is 0 Å². The van der Waals surface area contributed by atoms with Crippen LogP contribution in [0.2, 0.25) is 5.32 Å². The summed E-state index contributed by atoms with van der Waals surface area (Å²) in [6.07, 6.45) is 4.91. The van der Waals surface area contributed by atoms with Crippen molar-refractivity contribution in [2.24, 2.45) is 0 Å². The second kappa shape index (κ2) is 10.7. The number of methoxy groups -OCH3 is 3. The molecule has 4 rings (SSSR count). The van der Waals surface area contributed by atoms with E-state index in [1.165, 1.54) is 41.3 Å². The second-order valence-electron chi connectivity index (χ2n) is 8.78. The van der Waals surface area contributed by atoms with E-state index >= 15 is 0 Å². The molecule has 3 aromatic rings. The molecule has 3 nitrogen and oxygen atoms in total. The Morgan fingerprint density at radius 1 is 0.848 bits per heavy atom. The molecule has 1 fully saturated rings. The summed E-state index contributed by atoms with van der Waals surface area (Å²) in [5.74, 6) is 2.54. The van der Waals surface area contributed by atoms with Gasteiger partial charge in [-0.05, 0) is 0 Å². The Kier molecular flexibility index (Phi) is 7.67. The first kappa shape index (κ1) is 23.7. The molecule has 0 N–H and O–H groups in total. The SMILES string of the molecule is COc1cc(OC)c(C(CC2(c3cccc(C)c3)CCCC[Se]2)c2ccccc2)c(OC)c1. The quantitative estimate of drug-likeness (QED) is 0.315. The van der Waals surface area contributed by atoms with Gasteiger partial charge in [-0.15, -0.1) is 0 Å². The maximum atomic E-state index is 5.92. The van der Waals surface area contributed by atoms with Crippen LogP contribution in [-0.4, -0.2) is 36.3 Å². The van der Waals surface area contributed by atoms with Crippen LogP contribution in [0.4, 0.5) is 0 Å². The van der Waals surface area contributed by atoms with Crippen LogP contribution in [0.25, 0.3) is 0 Å². The molecule has 0 saturated carbocycles. The van der Waals surface area contributed by atoms with Crippen LogP contribution in [0.1, 0.15) is 53.9 Å². The van der Waals surface area contributed by atoms with E-state index in [4.69, 9.17) is 14.2 Å². The number of benzene rings is 3. The molecule has 0 aromatic heterocycles. The van der Waals surface area contributed by atoms with Gasteiger partial charge >= 0.3 is 205 Å². The third kappa shape index (κ3) is 5.08. The first-order valence-electron chi connectivity index (χ1n) is 11.7. The van der Waals surface area contributed by atoms with Crippen molar-refractivity contribution in [3.05, 3.63) is 89.0 Å². The van der Waals surface area contributed by atoms with E-state index in [0.29, 0.717) is 15.0 Å². The van der Waals surface area contributed by atoms with Crippen molar-refractivity contribution >= 4 is 15.0 Å². The van der Waals surface area contributed by atoms with Crippen molar-refractivity contribution < 1.29 is 14.2 Å². The van der Waals surface area contributed by atoms with Crippen LogP contribution in [0, 0.1) is 6.92 Å². The summed E-state index contributed by atoms with van der Waals surface area (Å²) >= 11 is 0.527. The molecule has 0 spiro atoms. The average molecular weight is 510 g/mol. The standard InChI is InChI=1S/C29H34O3Se/c1-21-11-10-14-23(17-21)29(15-8-9-16-33-29)20-25(22-12-6-5-7-13-22)28-26(31-3)18-24(30-2)19-27(28)32-4/h5-7,10-14,17-19,25H,8-9,15-16,20H2,1-4H3. The van der Waals surface area contributed by atoms with Gasteiger partial charge < -0.3 is 0 Å². The molecule has 4 heteroatoms. The van der Waals surface area contributed by atoms with Gasteiger partial charge in [0.05, 0.1) is 0 Å². The van der Waals surface area contributed by atoms with Crippen molar-refractivity contribution in [1.29, 1.82) is 0 Å². The minimum atomic E-state index is 0.155. The summed E-state index contributed by atoms with van der Waals surface area (Å²) in [4.78, 5) is 0. The zero-order chi connectivity index (χ0) is 23.3. The Morgan fingerprint density at radius 3 is 2.15 bits per heavy atom. The first-order valence-corrected chi connectivity index (χ1v) is 13.7. The predicted octanol–water partition coefficient (Wildman–Crippen LogP) is 6.74. The number of hydrogen-bond acceptors (Lipinski definition) is 3. The van der Waals surface area contributed by atoms with Gasteiger partial charge in [0.15, 0.2) is 0 Å². The number of rotatable bonds is 8. The Labute approximate surface area is 204 Å². The molecule has 33 heavy (non-hydrogen) atoms. The van der Waals surface area contributed by atoms with Gasteiger partial charge in [-0.2, -0.15) is 0 Å². The van der Waals surface area contributed by atoms with Gasteiger partial charge in [-0.3, -0.25) is 0 Å². The molecule has 0 bridgehead atoms. The average Bonchev–Trinajstić information content (AvgIpc) is 2.87. The van der Waals surface area contributed by atoms with E-state index in [1.807, 2.05) is 12.1 Å². The normalized spacial score (nSPS) is 19.0. The van der Waals surface area contributed by atoms with Crippen LogP contribution in [0.3, 0.4) is 0 Å². The van der Waals surface area contributed by atoms with Gasteiger partial charge in [0.25, 0.3) is 0 Å². The van der Waals surface area contributed by atoms with Crippen LogP contribution in [-0.2, 0) is 4.31 Å². The fraction of sp³-hybridized carbons (Fsp3) is 0.379. The molecule has 1 heterocycles. The minimum absolute atomic E-state index is 0.155. The molecule has 0 radical (unpaired) electrons. The van der Waals surface area contributed by atoms with Crippen molar-refractivity contribution in [2.45, 2.75) is 48.2 Å². The van der Waals surface area contributed by atoms with E-state index in [2.05, 4.69) is 61.5 Å². The molecular weight excluding hydrogens is 475 g/mol. The fourth-order valence-corrected chi connectivity index (χ4v) is 8.43. The predicted molar refractivity (Wildman–Crippen MR) is 136 cm³/mol. The second-order valence-corrected chi connectivity index (χ2v) is 11.9. The van der Waals surface area contributed by atoms with Crippen molar-refractivity contribution in [1.82, 2.24) is 0 Å². The summed E-state index contributed by atoms with van der Waals surface area (Å²) in [6, 6.07) is 24.0. The van der Waals surface area contributed by atoms with Crippen LogP contribution in [0.15, 0.2) is 66.7 Å². The zero-order valence-corrected chi connectivity index (χ0v) is 21.8. The first-order chi connectivity index (χ1) is 16.1. The Bertz CT molecular complexity index is 1030. The molecule has 174 valence electrons. The third-order valence-corrected chi connectivity index (χ3v) is 10.2. The fourth-order valence-electron chi connectivity index (χ4n) is 5.07. The summed E-state index contributed by atoms with van der Waals surface area (Å²) in [5.41, 5.74) is 5.24. The van der Waals surface area contributed by atoms with Gasteiger partial charge in [-0.1, -0.05) is 0 Å². The Hall–Kier alpha value is -2.42. The molecular formula is C29H34O3Se. The maximum absolute atomic E-state index is 5.92. The van der Waals surface area contributed by atoms with Crippen LogP contribution in [0.5, 0.6) is 17.2 Å². The molecule has 0 aliphatic carbocycles. The van der Waals surface area contributed by atoms with Crippen LogP contribution < -0.4 is 14.2 Å². The van der Waals surface area contributed by atoms with Crippen LogP contribution >= 0.6 is 0 Å². The van der Waals surface area contributed by atoms with E-state index in [0.717, 1.165) is 29.2 Å². The van der Waals surface area contributed by atoms with Crippen molar-refractivity contribution in [2.75, 3.05) is 21.3 Å². The molecule has 1 aliphatic rings. The number of hydrogen-bond donors (Lipinski definition) is 0. The topological polar surface area (TPSA) is 27.7 Å². The monoisotopic (exact) mass is 510 g/mol. The summed E-state index contributed by atoms with van der Waals surface area (Å²) in [7, 11) is 5.15. The van der Waals surface area contributed by atoms with E-state index in [-0.39, 0.29) is 10.2 Å². The summed E-state index contributed by atoms with van der Waals surface area (Å²) < 4.78 is 17.6. The molecule has 2 atom stereocenters. The number of ether oxygens (including phenoxy) is 3. The summed E-state index contributed by atoms with van der Waals surface area (Å²) in [5, 5.41) is 1.33. The van der Waals surface area contributed by atoms with E-state index in [9.17, 15) is 0 Å².